The molecule has 2 aliphatic heterocycles. The van der Waals surface area contributed by atoms with Crippen molar-refractivity contribution in [2.75, 3.05) is 39.0 Å². The Morgan fingerprint density at radius 2 is 1.61 bits per heavy atom. The highest BCUT2D eigenvalue weighted by atomic mass is 19.3. The number of fused-ring (bicyclic) bond motifs is 2. The van der Waals surface area contributed by atoms with Crippen molar-refractivity contribution in [3.8, 4) is 0 Å². The number of hydrogen-bond donors (Lipinski definition) is 2. The number of carbonyl (C=O) groups is 3. The number of pyridine rings is 1. The van der Waals surface area contributed by atoms with Crippen molar-refractivity contribution in [2.45, 2.75) is 88.6 Å². The quantitative estimate of drug-likeness (QED) is 0.229. The lowest BCUT2D eigenvalue weighted by Gasteiger charge is -2.56. The van der Waals surface area contributed by atoms with E-state index in [-0.39, 0.29) is 37.1 Å². The van der Waals surface area contributed by atoms with Gasteiger partial charge in [0.2, 0.25) is 0 Å². The van der Waals surface area contributed by atoms with Crippen LogP contribution in [0.5, 0.6) is 0 Å². The van der Waals surface area contributed by atoms with Gasteiger partial charge in [0.1, 0.15) is 5.69 Å². The van der Waals surface area contributed by atoms with E-state index >= 15 is 0 Å². The molecule has 8 rings (SSSR count). The lowest BCUT2D eigenvalue weighted by molar-refractivity contribution is -0.192. The normalized spacial score (nSPS) is 19.6. The van der Waals surface area contributed by atoms with Crippen LogP contribution < -0.4 is 10.6 Å². The Kier molecular flexibility index (Phi) is 9.37. The summed E-state index contributed by atoms with van der Waals surface area (Å²) in [6.07, 6.45) is 7.25. The standard InChI is InChI=1S/C40H47F2N9O3/c1-26-33(22-45-51(26)32-14-16-48(17-15-32)31-10-11-31)36(52)46-30-9-8-29(43-21-30)20-44-37(53)34-12-13-35-39(24-40(41,42)25-39)49(18-19-50(34)35)23-27-4-6-28(7-5-27)38(54)47(2)3/h4-9,12-13,21-22,31-32H,10-11,14-20,23-25H2,1-3H3,(H,44,53)(H,46,52). The zero-order chi connectivity index (χ0) is 37.8. The minimum absolute atomic E-state index is 0.0980. The molecule has 0 bridgehead atoms. The highest BCUT2D eigenvalue weighted by Gasteiger charge is 2.62. The van der Waals surface area contributed by atoms with Gasteiger partial charge in [-0.1, -0.05) is 12.1 Å². The number of amides is 3. The van der Waals surface area contributed by atoms with E-state index in [9.17, 15) is 23.2 Å². The van der Waals surface area contributed by atoms with E-state index in [2.05, 4.69) is 30.5 Å². The molecular formula is C40H47F2N9O3. The number of alkyl halides is 2. The van der Waals surface area contributed by atoms with Crippen LogP contribution in [0.3, 0.4) is 0 Å². The van der Waals surface area contributed by atoms with Crippen molar-refractivity contribution < 1.29 is 23.2 Å². The summed E-state index contributed by atoms with van der Waals surface area (Å²) < 4.78 is 33.0. The zero-order valence-electron chi connectivity index (χ0n) is 31.0. The predicted molar refractivity (Wildman–Crippen MR) is 198 cm³/mol. The third-order valence-electron chi connectivity index (χ3n) is 11.7. The second-order valence-corrected chi connectivity index (χ2v) is 15.6. The van der Waals surface area contributed by atoms with E-state index in [0.29, 0.717) is 59.6 Å². The highest BCUT2D eigenvalue weighted by molar-refractivity contribution is 6.04. The van der Waals surface area contributed by atoms with Crippen LogP contribution >= 0.6 is 0 Å². The Morgan fingerprint density at radius 1 is 0.870 bits per heavy atom. The number of halogens is 2. The van der Waals surface area contributed by atoms with Crippen LogP contribution in [0.1, 0.15) is 98.4 Å². The average molecular weight is 740 g/mol. The molecule has 14 heteroatoms. The molecule has 12 nitrogen and oxygen atoms in total. The molecule has 0 radical (unpaired) electrons. The van der Waals surface area contributed by atoms with E-state index in [1.807, 2.05) is 28.3 Å². The Morgan fingerprint density at radius 3 is 2.26 bits per heavy atom. The van der Waals surface area contributed by atoms with E-state index < -0.39 is 11.5 Å². The van der Waals surface area contributed by atoms with E-state index in [0.717, 1.165) is 43.2 Å². The fourth-order valence-corrected chi connectivity index (χ4v) is 8.59. The van der Waals surface area contributed by atoms with Gasteiger partial charge in [-0.15, -0.1) is 0 Å². The Bertz CT molecular complexity index is 2040. The summed E-state index contributed by atoms with van der Waals surface area (Å²) in [4.78, 5) is 49.6. The molecule has 4 aliphatic rings. The Balaban J connectivity index is 0.877. The molecular weight excluding hydrogens is 692 g/mol. The number of aromatic nitrogens is 4. The van der Waals surface area contributed by atoms with Gasteiger partial charge in [-0.25, -0.2) is 8.78 Å². The third kappa shape index (κ3) is 6.92. The van der Waals surface area contributed by atoms with Crippen molar-refractivity contribution in [2.24, 2.45) is 0 Å². The zero-order valence-corrected chi connectivity index (χ0v) is 31.0. The average Bonchev–Trinajstić information content (AvgIpc) is 3.79. The number of rotatable bonds is 10. The number of nitrogens with zero attached hydrogens (tertiary/aromatic N) is 7. The molecule has 284 valence electrons. The molecule has 4 aromatic rings. The molecule has 2 aliphatic carbocycles. The summed E-state index contributed by atoms with van der Waals surface area (Å²) in [5.41, 5.74) is 4.25. The van der Waals surface area contributed by atoms with Crippen LogP contribution in [0.4, 0.5) is 14.5 Å². The highest BCUT2D eigenvalue weighted by Crippen LogP contribution is 2.57. The molecule has 3 fully saturated rings. The maximum atomic E-state index is 14.6. The summed E-state index contributed by atoms with van der Waals surface area (Å²) in [5.74, 6) is -3.45. The van der Waals surface area contributed by atoms with Gasteiger partial charge in [0.25, 0.3) is 23.6 Å². The van der Waals surface area contributed by atoms with Crippen LogP contribution in [-0.4, -0.2) is 97.4 Å². The molecule has 1 spiro atoms. The number of carbonyl (C=O) groups excluding carboxylic acids is 3. The fraction of sp³-hybridized carbons (Fsp3) is 0.475. The van der Waals surface area contributed by atoms with Crippen LogP contribution in [0.15, 0.2) is 60.9 Å². The second kappa shape index (κ2) is 14.0. The molecule has 0 unspecified atom stereocenters. The SMILES string of the molecule is Cc1c(C(=O)Nc2ccc(CNC(=O)c3ccc4n3CCN(Cc3ccc(C(=O)N(C)C)cc3)C43CC(F)(F)C3)nc2)cnn1C1CCN(C2CC2)CC1. The molecule has 1 saturated heterocycles. The summed E-state index contributed by atoms with van der Waals surface area (Å²) in [6, 6.07) is 15.4. The van der Waals surface area contributed by atoms with Gasteiger partial charge in [0.05, 0.1) is 47.5 Å². The fourth-order valence-electron chi connectivity index (χ4n) is 8.59. The van der Waals surface area contributed by atoms with Crippen LogP contribution in [0, 0.1) is 6.92 Å². The predicted octanol–water partition coefficient (Wildman–Crippen LogP) is 5.21. The van der Waals surface area contributed by atoms with Crippen molar-refractivity contribution in [1.29, 1.82) is 0 Å². The first kappa shape index (κ1) is 36.0. The Hall–Kier alpha value is -4.95. The smallest absolute Gasteiger partial charge is 0.268 e. The first-order valence-corrected chi connectivity index (χ1v) is 18.9. The first-order valence-electron chi connectivity index (χ1n) is 18.9. The van der Waals surface area contributed by atoms with Gasteiger partial charge in [0.15, 0.2) is 0 Å². The first-order chi connectivity index (χ1) is 25.9. The monoisotopic (exact) mass is 739 g/mol. The third-order valence-corrected chi connectivity index (χ3v) is 11.7. The summed E-state index contributed by atoms with van der Waals surface area (Å²) in [7, 11) is 3.39. The number of piperidine rings is 1. The number of hydrogen-bond acceptors (Lipinski definition) is 7. The second-order valence-electron chi connectivity index (χ2n) is 15.6. The lowest BCUT2D eigenvalue weighted by Crippen LogP contribution is -2.63. The topological polar surface area (TPSA) is 121 Å². The largest absolute Gasteiger partial charge is 0.345 e. The van der Waals surface area contributed by atoms with Crippen molar-refractivity contribution in [3.63, 3.8) is 0 Å². The van der Waals surface area contributed by atoms with Crippen molar-refractivity contribution in [3.05, 3.63) is 100 Å². The number of benzene rings is 1. The molecule has 0 atom stereocenters. The molecule has 5 heterocycles. The van der Waals surface area contributed by atoms with Gasteiger partial charge >= 0.3 is 0 Å². The van der Waals surface area contributed by atoms with Crippen LogP contribution in [0.25, 0.3) is 0 Å². The Labute approximate surface area is 313 Å². The minimum Gasteiger partial charge on any atom is -0.345 e. The maximum Gasteiger partial charge on any atom is 0.268 e. The van der Waals surface area contributed by atoms with Crippen LogP contribution in [0.2, 0.25) is 0 Å². The van der Waals surface area contributed by atoms with Crippen molar-refractivity contribution in [1.82, 2.24) is 39.3 Å². The molecule has 3 amide bonds. The molecule has 3 aromatic heterocycles. The maximum absolute atomic E-state index is 14.6. The van der Waals surface area contributed by atoms with Gasteiger partial charge in [-0.3, -0.25) is 28.9 Å². The van der Waals surface area contributed by atoms with Gasteiger partial charge in [0, 0.05) is 82.7 Å². The number of likely N-dealkylation sites (tertiary alicyclic amines) is 1. The van der Waals surface area contributed by atoms with Gasteiger partial charge in [-0.2, -0.15) is 5.10 Å². The minimum atomic E-state index is -2.79. The molecule has 2 saturated carbocycles. The summed E-state index contributed by atoms with van der Waals surface area (Å²) in [6.45, 7) is 5.65. The van der Waals surface area contributed by atoms with E-state index in [1.165, 1.54) is 17.7 Å². The van der Waals surface area contributed by atoms with Gasteiger partial charge < -0.3 is 25.0 Å². The molecule has 1 aromatic carbocycles. The molecule has 54 heavy (non-hydrogen) atoms. The summed E-state index contributed by atoms with van der Waals surface area (Å²) >= 11 is 0. The summed E-state index contributed by atoms with van der Waals surface area (Å²) in [5, 5.41) is 10.4. The van der Waals surface area contributed by atoms with Crippen molar-refractivity contribution >= 4 is 23.4 Å². The lowest BCUT2D eigenvalue weighted by atomic mass is 9.68. The number of anilines is 1. The van der Waals surface area contributed by atoms with Crippen LogP contribution in [-0.2, 0) is 25.2 Å². The molecule has 2 N–H and O–H groups in total. The van der Waals surface area contributed by atoms with E-state index in [4.69, 9.17) is 0 Å². The number of nitrogens with one attached hydrogen (secondary N) is 2. The van der Waals surface area contributed by atoms with E-state index in [1.54, 1.807) is 62.9 Å². The van der Waals surface area contributed by atoms with Gasteiger partial charge in [-0.05, 0) is 74.6 Å².